The monoisotopic (exact) mass is 407 g/mol. The zero-order valence-electron chi connectivity index (χ0n) is 16.6. The zero-order valence-corrected chi connectivity index (χ0v) is 16.6. The van der Waals surface area contributed by atoms with Crippen molar-refractivity contribution in [3.05, 3.63) is 47.3 Å². The molecule has 1 amide bonds. The maximum absolute atomic E-state index is 13.3. The minimum Gasteiger partial charge on any atom is -0.367 e. The topological polar surface area (TPSA) is 61.4 Å². The summed E-state index contributed by atoms with van der Waals surface area (Å²) in [7, 11) is 0. The van der Waals surface area contributed by atoms with E-state index in [-0.39, 0.29) is 11.6 Å². The highest BCUT2D eigenvalue weighted by atomic mass is 19.4. The van der Waals surface area contributed by atoms with Crippen molar-refractivity contribution in [3.63, 3.8) is 0 Å². The number of aromatic nitrogens is 2. The van der Waals surface area contributed by atoms with Gasteiger partial charge in [-0.05, 0) is 39.0 Å². The van der Waals surface area contributed by atoms with Gasteiger partial charge in [0.05, 0.1) is 5.56 Å². The van der Waals surface area contributed by atoms with Crippen LogP contribution in [0.25, 0.3) is 0 Å². The Hall–Kier alpha value is -2.84. The first-order valence-electron chi connectivity index (χ1n) is 9.44. The van der Waals surface area contributed by atoms with Crippen LogP contribution in [0.1, 0.15) is 23.9 Å². The van der Waals surface area contributed by atoms with Crippen LogP contribution in [0.4, 0.5) is 24.8 Å². The number of halogens is 3. The molecule has 1 atom stereocenters. The van der Waals surface area contributed by atoms with Gasteiger partial charge < -0.3 is 15.1 Å². The van der Waals surface area contributed by atoms with Gasteiger partial charge in [-0.1, -0.05) is 12.1 Å². The SMILES string of the molecule is Cc1cc(C)nc(N[C@H](C)C(=O)N2CCN(c3ccccc3C(F)(F)F)CC2)n1. The number of rotatable bonds is 4. The van der Waals surface area contributed by atoms with E-state index in [9.17, 15) is 18.0 Å². The van der Waals surface area contributed by atoms with Crippen LogP contribution in [0.5, 0.6) is 0 Å². The molecule has 156 valence electrons. The van der Waals surface area contributed by atoms with E-state index < -0.39 is 17.8 Å². The van der Waals surface area contributed by atoms with Gasteiger partial charge >= 0.3 is 6.18 Å². The van der Waals surface area contributed by atoms with Crippen molar-refractivity contribution in [2.75, 3.05) is 36.4 Å². The van der Waals surface area contributed by atoms with E-state index in [0.717, 1.165) is 17.5 Å². The molecule has 0 saturated carbocycles. The lowest BCUT2D eigenvalue weighted by Gasteiger charge is -2.38. The third-order valence-corrected chi connectivity index (χ3v) is 4.84. The number of hydrogen-bond acceptors (Lipinski definition) is 5. The molecule has 0 spiro atoms. The molecule has 6 nitrogen and oxygen atoms in total. The van der Waals surface area contributed by atoms with Crippen molar-refractivity contribution >= 4 is 17.5 Å². The fourth-order valence-electron chi connectivity index (χ4n) is 3.48. The van der Waals surface area contributed by atoms with Gasteiger partial charge in [0.2, 0.25) is 11.9 Å². The quantitative estimate of drug-likeness (QED) is 0.843. The number of para-hydroxylation sites is 1. The average molecular weight is 407 g/mol. The Bertz CT molecular complexity index is 858. The predicted octanol–water partition coefficient (Wildman–Crippen LogP) is 3.26. The summed E-state index contributed by atoms with van der Waals surface area (Å²) in [6.45, 7) is 6.82. The van der Waals surface area contributed by atoms with Gasteiger partial charge in [-0.15, -0.1) is 0 Å². The van der Waals surface area contributed by atoms with Gasteiger partial charge in [-0.25, -0.2) is 9.97 Å². The highest BCUT2D eigenvalue weighted by Crippen LogP contribution is 2.36. The molecule has 1 aromatic heterocycles. The summed E-state index contributed by atoms with van der Waals surface area (Å²) in [4.78, 5) is 24.6. The van der Waals surface area contributed by atoms with E-state index in [0.29, 0.717) is 32.1 Å². The van der Waals surface area contributed by atoms with Crippen molar-refractivity contribution in [2.24, 2.45) is 0 Å². The Morgan fingerprint density at radius 2 is 1.66 bits per heavy atom. The van der Waals surface area contributed by atoms with Crippen molar-refractivity contribution in [1.29, 1.82) is 0 Å². The first-order valence-corrected chi connectivity index (χ1v) is 9.44. The van der Waals surface area contributed by atoms with Crippen LogP contribution in [0.15, 0.2) is 30.3 Å². The molecule has 1 aliphatic heterocycles. The average Bonchev–Trinajstić information content (AvgIpc) is 2.66. The first-order chi connectivity index (χ1) is 13.6. The summed E-state index contributed by atoms with van der Waals surface area (Å²) in [5, 5.41) is 3.02. The standard InChI is InChI=1S/C20H24F3N5O/c1-13-12-14(2)25-19(24-13)26-15(3)18(29)28-10-8-27(9-11-28)17-7-5-4-6-16(17)20(21,22)23/h4-7,12,15H,8-11H2,1-3H3,(H,24,25,26)/t15-/m1/s1. The molecule has 1 aromatic carbocycles. The molecule has 1 saturated heterocycles. The second-order valence-electron chi connectivity index (χ2n) is 7.17. The molecule has 0 radical (unpaired) electrons. The van der Waals surface area contributed by atoms with Gasteiger partial charge in [-0.3, -0.25) is 4.79 Å². The highest BCUT2D eigenvalue weighted by Gasteiger charge is 2.35. The van der Waals surface area contributed by atoms with Gasteiger partial charge in [0.25, 0.3) is 0 Å². The van der Waals surface area contributed by atoms with Crippen LogP contribution < -0.4 is 10.2 Å². The third kappa shape index (κ3) is 4.96. The summed E-state index contributed by atoms with van der Waals surface area (Å²) >= 11 is 0. The third-order valence-electron chi connectivity index (χ3n) is 4.84. The fourth-order valence-corrected chi connectivity index (χ4v) is 3.48. The lowest BCUT2D eigenvalue weighted by molar-refractivity contribution is -0.137. The summed E-state index contributed by atoms with van der Waals surface area (Å²) in [6.07, 6.45) is -4.41. The van der Waals surface area contributed by atoms with Crippen LogP contribution in [0.3, 0.4) is 0 Å². The van der Waals surface area contributed by atoms with Gasteiger partial charge in [0, 0.05) is 43.3 Å². The van der Waals surface area contributed by atoms with Crippen LogP contribution in [-0.2, 0) is 11.0 Å². The number of amides is 1. The molecule has 2 aromatic rings. The number of aryl methyl sites for hydroxylation is 2. The molecule has 2 heterocycles. The number of benzene rings is 1. The van der Waals surface area contributed by atoms with Crippen molar-refractivity contribution in [3.8, 4) is 0 Å². The van der Waals surface area contributed by atoms with Crippen LogP contribution in [-0.4, -0.2) is 53.0 Å². The van der Waals surface area contributed by atoms with Crippen molar-refractivity contribution < 1.29 is 18.0 Å². The van der Waals surface area contributed by atoms with Gasteiger partial charge in [0.15, 0.2) is 0 Å². The largest absolute Gasteiger partial charge is 0.418 e. The highest BCUT2D eigenvalue weighted by molar-refractivity contribution is 5.84. The van der Waals surface area contributed by atoms with Crippen molar-refractivity contribution in [2.45, 2.75) is 33.0 Å². The van der Waals surface area contributed by atoms with E-state index in [4.69, 9.17) is 0 Å². The minimum atomic E-state index is -4.41. The van der Waals surface area contributed by atoms with E-state index in [1.165, 1.54) is 12.1 Å². The van der Waals surface area contributed by atoms with Gasteiger partial charge in [-0.2, -0.15) is 13.2 Å². The summed E-state index contributed by atoms with van der Waals surface area (Å²) < 4.78 is 39.8. The van der Waals surface area contributed by atoms with Crippen LogP contribution in [0.2, 0.25) is 0 Å². The second-order valence-corrected chi connectivity index (χ2v) is 7.17. The number of nitrogens with one attached hydrogen (secondary N) is 1. The summed E-state index contributed by atoms with van der Waals surface area (Å²) in [5.41, 5.74) is 1.11. The maximum Gasteiger partial charge on any atom is 0.418 e. The number of carbonyl (C=O) groups excluding carboxylic acids is 1. The number of nitrogens with zero attached hydrogens (tertiary/aromatic N) is 4. The van der Waals surface area contributed by atoms with E-state index in [2.05, 4.69) is 15.3 Å². The number of alkyl halides is 3. The smallest absolute Gasteiger partial charge is 0.367 e. The second kappa shape index (κ2) is 8.26. The molecular formula is C20H24F3N5O. The molecule has 1 N–H and O–H groups in total. The minimum absolute atomic E-state index is 0.128. The van der Waals surface area contributed by atoms with Crippen molar-refractivity contribution in [1.82, 2.24) is 14.9 Å². The molecule has 3 rings (SSSR count). The molecule has 1 aliphatic rings. The predicted molar refractivity (Wildman–Crippen MR) is 105 cm³/mol. The Kier molecular flexibility index (Phi) is 5.95. The molecule has 0 bridgehead atoms. The van der Waals surface area contributed by atoms with Crippen LogP contribution >= 0.6 is 0 Å². The van der Waals surface area contributed by atoms with Gasteiger partial charge in [0.1, 0.15) is 6.04 Å². The maximum atomic E-state index is 13.3. The number of carbonyl (C=O) groups is 1. The number of piperazine rings is 1. The van der Waals surface area contributed by atoms with E-state index in [1.54, 1.807) is 22.8 Å². The summed E-state index contributed by atoms with van der Waals surface area (Å²) in [6, 6.07) is 6.84. The Morgan fingerprint density at radius 3 is 2.24 bits per heavy atom. The molecule has 29 heavy (non-hydrogen) atoms. The normalized spacial score (nSPS) is 15.9. The fraction of sp³-hybridized carbons (Fsp3) is 0.450. The lowest BCUT2D eigenvalue weighted by atomic mass is 10.1. The zero-order chi connectivity index (χ0) is 21.2. The Labute approximate surface area is 167 Å². The number of hydrogen-bond donors (Lipinski definition) is 1. The molecule has 0 unspecified atom stereocenters. The first kappa shape index (κ1) is 20.9. The number of anilines is 2. The molecular weight excluding hydrogens is 383 g/mol. The Morgan fingerprint density at radius 1 is 1.07 bits per heavy atom. The lowest BCUT2D eigenvalue weighted by Crippen LogP contribution is -2.52. The molecule has 0 aliphatic carbocycles. The van der Waals surface area contributed by atoms with Crippen LogP contribution in [0, 0.1) is 13.8 Å². The van der Waals surface area contributed by atoms with E-state index in [1.807, 2.05) is 19.9 Å². The summed E-state index contributed by atoms with van der Waals surface area (Å²) in [5.74, 6) is 0.262. The van der Waals surface area contributed by atoms with E-state index >= 15 is 0 Å². The molecule has 1 fully saturated rings. The Balaban J connectivity index is 1.63. The molecule has 9 heteroatoms.